The summed E-state index contributed by atoms with van der Waals surface area (Å²) in [5, 5.41) is 4.28. The van der Waals surface area contributed by atoms with Gasteiger partial charge in [-0.25, -0.2) is 4.98 Å². The van der Waals surface area contributed by atoms with Crippen LogP contribution in [0, 0.1) is 0 Å². The highest BCUT2D eigenvalue weighted by molar-refractivity contribution is 5.30. The van der Waals surface area contributed by atoms with Gasteiger partial charge in [0.15, 0.2) is 5.82 Å². The number of hydrogen-bond donors (Lipinski definition) is 0. The summed E-state index contributed by atoms with van der Waals surface area (Å²) < 4.78 is 18.2. The Morgan fingerprint density at radius 3 is 2.67 bits per heavy atom. The molecule has 2 aromatic heterocycles. The number of hydrogen-bond acceptors (Lipinski definition) is 5. The number of nitrogens with zero attached hydrogens (tertiary/aromatic N) is 3. The molecule has 0 atom stereocenters. The average molecular weight is 285 g/mol. The molecule has 1 fully saturated rings. The van der Waals surface area contributed by atoms with Crippen molar-refractivity contribution in [3.05, 3.63) is 48.7 Å². The maximum atomic E-state index is 5.91. The van der Waals surface area contributed by atoms with E-state index in [0.717, 1.165) is 24.3 Å². The summed E-state index contributed by atoms with van der Waals surface area (Å²) in [6.07, 6.45) is 9.86. The molecule has 2 aliphatic rings. The first kappa shape index (κ1) is 12.3. The van der Waals surface area contributed by atoms with Crippen LogP contribution in [0.15, 0.2) is 43.1 Å². The van der Waals surface area contributed by atoms with Gasteiger partial charge in [0.25, 0.3) is 6.29 Å². The second-order valence-electron chi connectivity index (χ2n) is 5.08. The van der Waals surface area contributed by atoms with Crippen LogP contribution in [0.2, 0.25) is 0 Å². The quantitative estimate of drug-likeness (QED) is 0.864. The molecule has 0 aromatic carbocycles. The fraction of sp³-hybridized carbons (Fsp3) is 0.333. The van der Waals surface area contributed by atoms with E-state index in [1.165, 1.54) is 18.9 Å². The van der Waals surface area contributed by atoms with Crippen LogP contribution in [0.25, 0.3) is 5.82 Å². The molecule has 108 valence electrons. The summed E-state index contributed by atoms with van der Waals surface area (Å²) in [6, 6.07) is 5.65. The van der Waals surface area contributed by atoms with Crippen LogP contribution in [0.5, 0.6) is 5.88 Å². The lowest BCUT2D eigenvalue weighted by Crippen LogP contribution is -2.25. The fourth-order valence-electron chi connectivity index (χ4n) is 2.27. The lowest BCUT2D eigenvalue weighted by molar-refractivity contribution is -0.0248. The molecule has 1 aliphatic heterocycles. The van der Waals surface area contributed by atoms with Gasteiger partial charge in [0.1, 0.15) is 18.6 Å². The molecule has 0 spiro atoms. The van der Waals surface area contributed by atoms with Crippen LogP contribution in [0.3, 0.4) is 0 Å². The molecule has 1 saturated carbocycles. The summed E-state index contributed by atoms with van der Waals surface area (Å²) in [5.41, 5.74) is 0.859. The zero-order valence-corrected chi connectivity index (χ0v) is 11.4. The zero-order chi connectivity index (χ0) is 14.1. The summed E-state index contributed by atoms with van der Waals surface area (Å²) >= 11 is 0. The SMILES string of the molecule is C1=COC(c2ccc(-n3nccc3OC3CCC3)nc2)O1. The van der Waals surface area contributed by atoms with Crippen molar-refractivity contribution in [3.8, 4) is 11.7 Å². The van der Waals surface area contributed by atoms with Gasteiger partial charge in [-0.2, -0.15) is 9.78 Å². The van der Waals surface area contributed by atoms with E-state index in [1.54, 1.807) is 17.1 Å². The van der Waals surface area contributed by atoms with Gasteiger partial charge in [0.05, 0.1) is 11.8 Å². The smallest absolute Gasteiger partial charge is 0.267 e. The Kier molecular flexibility index (Phi) is 2.99. The van der Waals surface area contributed by atoms with Crippen molar-refractivity contribution in [1.29, 1.82) is 0 Å². The molecule has 0 saturated heterocycles. The second-order valence-corrected chi connectivity index (χ2v) is 5.08. The summed E-state index contributed by atoms with van der Waals surface area (Å²) in [4.78, 5) is 4.41. The Morgan fingerprint density at radius 1 is 1.14 bits per heavy atom. The van der Waals surface area contributed by atoms with Gasteiger partial charge in [-0.05, 0) is 31.4 Å². The molecule has 6 heteroatoms. The van der Waals surface area contributed by atoms with Gasteiger partial charge in [0.2, 0.25) is 5.88 Å². The Labute approximate surface area is 122 Å². The minimum absolute atomic E-state index is 0.311. The first-order valence-electron chi connectivity index (χ1n) is 7.03. The maximum absolute atomic E-state index is 5.91. The highest BCUT2D eigenvalue weighted by Crippen LogP contribution is 2.27. The molecule has 1 aliphatic carbocycles. The van der Waals surface area contributed by atoms with Gasteiger partial charge >= 0.3 is 0 Å². The highest BCUT2D eigenvalue weighted by atomic mass is 16.7. The van der Waals surface area contributed by atoms with Crippen LogP contribution < -0.4 is 4.74 Å². The third-order valence-electron chi connectivity index (χ3n) is 3.67. The molecular formula is C15H15N3O3. The Bertz CT molecular complexity index is 638. The molecular weight excluding hydrogens is 270 g/mol. The van der Waals surface area contributed by atoms with Gasteiger partial charge in [-0.1, -0.05) is 0 Å². The third kappa shape index (κ3) is 2.33. The van der Waals surface area contributed by atoms with Crippen molar-refractivity contribution in [3.63, 3.8) is 0 Å². The number of rotatable bonds is 4. The molecule has 6 nitrogen and oxygen atoms in total. The highest BCUT2D eigenvalue weighted by Gasteiger charge is 2.21. The van der Waals surface area contributed by atoms with E-state index in [0.29, 0.717) is 11.9 Å². The number of pyridine rings is 1. The van der Waals surface area contributed by atoms with E-state index in [2.05, 4.69) is 10.1 Å². The summed E-state index contributed by atoms with van der Waals surface area (Å²) in [7, 11) is 0. The molecule has 0 N–H and O–H groups in total. The zero-order valence-electron chi connectivity index (χ0n) is 11.4. The minimum atomic E-state index is -0.408. The molecule has 0 bridgehead atoms. The normalized spacial score (nSPS) is 18.1. The predicted octanol–water partition coefficient (Wildman–Crippen LogP) is 2.72. The average Bonchev–Trinajstić information content (AvgIpc) is 3.14. The minimum Gasteiger partial charge on any atom is -0.474 e. The molecule has 0 amide bonds. The lowest BCUT2D eigenvalue weighted by Gasteiger charge is -2.26. The van der Waals surface area contributed by atoms with E-state index < -0.39 is 6.29 Å². The Hall–Kier alpha value is -2.50. The van der Waals surface area contributed by atoms with E-state index in [9.17, 15) is 0 Å². The first-order valence-corrected chi connectivity index (χ1v) is 7.03. The van der Waals surface area contributed by atoms with Crippen molar-refractivity contribution in [2.75, 3.05) is 0 Å². The summed E-state index contributed by atoms with van der Waals surface area (Å²) in [6.45, 7) is 0. The second kappa shape index (κ2) is 5.12. The standard InChI is InChI=1S/C15H15N3O3/c1-2-12(3-1)21-14-6-7-17-18(14)13-5-4-11(10-16-13)15-19-8-9-20-15/h4-10,12,15H,1-3H2. The number of aromatic nitrogens is 3. The van der Waals surface area contributed by atoms with Gasteiger partial charge in [-0.3, -0.25) is 0 Å². The predicted molar refractivity (Wildman–Crippen MR) is 73.7 cm³/mol. The van der Waals surface area contributed by atoms with Crippen LogP contribution in [-0.2, 0) is 9.47 Å². The number of ether oxygens (including phenoxy) is 3. The molecule has 3 heterocycles. The van der Waals surface area contributed by atoms with Crippen molar-refractivity contribution in [2.24, 2.45) is 0 Å². The molecule has 2 aromatic rings. The van der Waals surface area contributed by atoms with Crippen molar-refractivity contribution >= 4 is 0 Å². The van der Waals surface area contributed by atoms with Gasteiger partial charge in [-0.15, -0.1) is 0 Å². The molecule has 4 rings (SSSR count). The van der Waals surface area contributed by atoms with Gasteiger partial charge in [0, 0.05) is 12.3 Å². The van der Waals surface area contributed by atoms with Crippen LogP contribution in [0.4, 0.5) is 0 Å². The van der Waals surface area contributed by atoms with E-state index in [4.69, 9.17) is 14.2 Å². The van der Waals surface area contributed by atoms with Crippen LogP contribution in [-0.4, -0.2) is 20.9 Å². The fourth-order valence-corrected chi connectivity index (χ4v) is 2.27. The third-order valence-corrected chi connectivity index (χ3v) is 3.67. The monoisotopic (exact) mass is 285 g/mol. The van der Waals surface area contributed by atoms with Crippen molar-refractivity contribution in [1.82, 2.24) is 14.8 Å². The van der Waals surface area contributed by atoms with E-state index in [1.807, 2.05) is 18.2 Å². The maximum Gasteiger partial charge on any atom is 0.267 e. The Balaban J connectivity index is 1.54. The van der Waals surface area contributed by atoms with Crippen LogP contribution in [0.1, 0.15) is 31.1 Å². The van der Waals surface area contributed by atoms with Crippen LogP contribution >= 0.6 is 0 Å². The van der Waals surface area contributed by atoms with Crippen molar-refractivity contribution in [2.45, 2.75) is 31.7 Å². The molecule has 0 unspecified atom stereocenters. The largest absolute Gasteiger partial charge is 0.474 e. The van der Waals surface area contributed by atoms with Gasteiger partial charge < -0.3 is 14.2 Å². The first-order chi connectivity index (χ1) is 10.4. The molecule has 21 heavy (non-hydrogen) atoms. The molecule has 0 radical (unpaired) electrons. The lowest BCUT2D eigenvalue weighted by atomic mass is 9.96. The summed E-state index contributed by atoms with van der Waals surface area (Å²) in [5.74, 6) is 1.44. The van der Waals surface area contributed by atoms with E-state index >= 15 is 0 Å². The topological polar surface area (TPSA) is 58.4 Å². The van der Waals surface area contributed by atoms with E-state index in [-0.39, 0.29) is 0 Å². The van der Waals surface area contributed by atoms with Crippen molar-refractivity contribution < 1.29 is 14.2 Å². The Morgan fingerprint density at radius 2 is 2.00 bits per heavy atom.